The van der Waals surface area contributed by atoms with Gasteiger partial charge < -0.3 is 21.1 Å². The number of alkyl halides is 3. The van der Waals surface area contributed by atoms with E-state index in [4.69, 9.17) is 22.1 Å². The van der Waals surface area contributed by atoms with Gasteiger partial charge in [0, 0.05) is 29.6 Å². The van der Waals surface area contributed by atoms with Crippen LogP contribution in [-0.2, 0) is 15.8 Å². The SMILES string of the molecule is NC(=O)C1CCNCC1.O=C(NC(c1ccc(Cl)cc1)c1ccccn1)C1CCN(CCOc2ccccc2C(F)(F)F)CC1. The van der Waals surface area contributed by atoms with Gasteiger partial charge in [-0.2, -0.15) is 13.2 Å². The van der Waals surface area contributed by atoms with Gasteiger partial charge in [-0.1, -0.05) is 41.9 Å². The number of hydrogen-bond donors (Lipinski definition) is 3. The summed E-state index contributed by atoms with van der Waals surface area (Å²) in [5, 5.41) is 6.92. The number of amides is 2. The lowest BCUT2D eigenvalue weighted by Gasteiger charge is -2.32. The van der Waals surface area contributed by atoms with Crippen molar-refractivity contribution in [2.24, 2.45) is 17.6 Å². The second kappa shape index (κ2) is 16.6. The molecule has 0 spiro atoms. The molecule has 2 aliphatic rings. The van der Waals surface area contributed by atoms with Gasteiger partial charge in [0.1, 0.15) is 12.4 Å². The maximum absolute atomic E-state index is 13.1. The van der Waals surface area contributed by atoms with Crippen molar-refractivity contribution in [2.75, 3.05) is 39.3 Å². The highest BCUT2D eigenvalue weighted by molar-refractivity contribution is 6.30. The van der Waals surface area contributed by atoms with E-state index in [-0.39, 0.29) is 36.0 Å². The van der Waals surface area contributed by atoms with Crippen LogP contribution < -0.4 is 21.1 Å². The molecular weight excluding hydrogens is 607 g/mol. The number of pyridine rings is 1. The van der Waals surface area contributed by atoms with E-state index in [0.29, 0.717) is 37.5 Å². The second-order valence-electron chi connectivity index (χ2n) is 11.1. The Morgan fingerprint density at radius 1 is 0.978 bits per heavy atom. The molecule has 0 saturated carbocycles. The maximum Gasteiger partial charge on any atom is 0.419 e. The predicted octanol–water partition coefficient (Wildman–Crippen LogP) is 5.22. The third kappa shape index (κ3) is 10.4. The molecule has 8 nitrogen and oxygen atoms in total. The average Bonchev–Trinajstić information content (AvgIpc) is 3.05. The van der Waals surface area contributed by atoms with Gasteiger partial charge in [0.05, 0.1) is 17.3 Å². The van der Waals surface area contributed by atoms with E-state index in [2.05, 4.69) is 20.5 Å². The Kier molecular flexibility index (Phi) is 12.6. The molecule has 2 aliphatic heterocycles. The van der Waals surface area contributed by atoms with Crippen molar-refractivity contribution in [2.45, 2.75) is 37.9 Å². The zero-order valence-electron chi connectivity index (χ0n) is 24.9. The number of carbonyl (C=O) groups excluding carboxylic acids is 2. The third-order valence-corrected chi connectivity index (χ3v) is 8.28. The molecule has 12 heteroatoms. The van der Waals surface area contributed by atoms with Gasteiger partial charge >= 0.3 is 6.18 Å². The third-order valence-electron chi connectivity index (χ3n) is 8.03. The van der Waals surface area contributed by atoms with E-state index in [0.717, 1.165) is 43.3 Å². The van der Waals surface area contributed by atoms with Crippen molar-refractivity contribution in [3.05, 3.63) is 94.8 Å². The molecule has 3 aromatic rings. The fourth-order valence-corrected chi connectivity index (χ4v) is 5.55. The lowest BCUT2D eigenvalue weighted by Crippen LogP contribution is -2.43. The maximum atomic E-state index is 13.1. The minimum atomic E-state index is -4.46. The molecule has 0 bridgehead atoms. The van der Waals surface area contributed by atoms with Crippen LogP contribution in [0.15, 0.2) is 72.9 Å². The Hall–Kier alpha value is -3.67. The number of aromatic nitrogens is 1. The summed E-state index contributed by atoms with van der Waals surface area (Å²) < 4.78 is 44.8. The van der Waals surface area contributed by atoms with Gasteiger partial charge in [-0.3, -0.25) is 19.5 Å². The zero-order chi connectivity index (χ0) is 32.2. The Balaban J connectivity index is 0.000000440. The number of nitrogens with zero attached hydrogens (tertiary/aromatic N) is 2. The number of para-hydroxylation sites is 1. The smallest absolute Gasteiger partial charge is 0.419 e. The summed E-state index contributed by atoms with van der Waals surface area (Å²) in [7, 11) is 0. The molecule has 2 aromatic carbocycles. The van der Waals surface area contributed by atoms with Crippen molar-refractivity contribution in [3.63, 3.8) is 0 Å². The molecule has 2 fully saturated rings. The Morgan fingerprint density at radius 2 is 1.64 bits per heavy atom. The summed E-state index contributed by atoms with van der Waals surface area (Å²) in [4.78, 5) is 30.2. The summed E-state index contributed by atoms with van der Waals surface area (Å²) in [6, 6.07) is 17.7. The first-order valence-electron chi connectivity index (χ1n) is 15.1. The van der Waals surface area contributed by atoms with Crippen LogP contribution in [0.5, 0.6) is 5.75 Å². The van der Waals surface area contributed by atoms with Crippen molar-refractivity contribution >= 4 is 23.4 Å². The largest absolute Gasteiger partial charge is 0.492 e. The van der Waals surface area contributed by atoms with Crippen molar-refractivity contribution in [3.8, 4) is 5.75 Å². The normalized spacial score (nSPS) is 17.1. The minimum Gasteiger partial charge on any atom is -0.492 e. The fourth-order valence-electron chi connectivity index (χ4n) is 5.43. The topological polar surface area (TPSA) is 110 Å². The molecule has 2 amide bonds. The minimum absolute atomic E-state index is 0.0457. The molecule has 1 atom stereocenters. The van der Waals surface area contributed by atoms with Crippen LogP contribution >= 0.6 is 11.6 Å². The van der Waals surface area contributed by atoms with Gasteiger partial charge in [-0.15, -0.1) is 0 Å². The highest BCUT2D eigenvalue weighted by Gasteiger charge is 2.34. The Morgan fingerprint density at radius 3 is 2.24 bits per heavy atom. The lowest BCUT2D eigenvalue weighted by atomic mass is 9.94. The van der Waals surface area contributed by atoms with Gasteiger partial charge in [0.2, 0.25) is 11.8 Å². The number of hydrogen-bond acceptors (Lipinski definition) is 6. The number of nitrogens with one attached hydrogen (secondary N) is 2. The van der Waals surface area contributed by atoms with E-state index < -0.39 is 17.8 Å². The monoisotopic (exact) mass is 645 g/mol. The molecule has 4 N–H and O–H groups in total. The van der Waals surface area contributed by atoms with Crippen LogP contribution in [-0.4, -0.2) is 61.0 Å². The van der Waals surface area contributed by atoms with Gasteiger partial charge in [-0.05, 0) is 93.8 Å². The summed E-state index contributed by atoms with van der Waals surface area (Å²) in [5.41, 5.74) is 5.95. The molecule has 3 heterocycles. The van der Waals surface area contributed by atoms with E-state index in [1.807, 2.05) is 30.3 Å². The standard InChI is InChI=1S/C27H27ClF3N3O2.C6H12N2O/c28-21-10-8-19(9-11-21)25(23-6-3-4-14-32-23)33-26(35)20-12-15-34(16-13-20)17-18-36-24-7-2-1-5-22(24)27(29,30)31;7-6(9)5-1-3-8-4-2-5/h1-11,14,20,25H,12-13,15-18H2,(H,33,35);5,8H,1-4H2,(H2,7,9). The van der Waals surface area contributed by atoms with Gasteiger partial charge in [0.15, 0.2) is 0 Å². The summed E-state index contributed by atoms with van der Waals surface area (Å²) >= 11 is 6.04. The average molecular weight is 646 g/mol. The second-order valence-corrected chi connectivity index (χ2v) is 11.6. The number of likely N-dealkylation sites (tertiary alicyclic amines) is 1. The number of ether oxygens (including phenoxy) is 1. The predicted molar refractivity (Wildman–Crippen MR) is 167 cm³/mol. The number of piperidine rings is 2. The molecule has 45 heavy (non-hydrogen) atoms. The number of primary amides is 1. The van der Waals surface area contributed by atoms with Crippen molar-refractivity contribution < 1.29 is 27.5 Å². The molecule has 1 unspecified atom stereocenters. The highest BCUT2D eigenvalue weighted by Crippen LogP contribution is 2.36. The number of rotatable bonds is 9. The summed E-state index contributed by atoms with van der Waals surface area (Å²) in [6.07, 6.45) is 0.366. The molecule has 0 aliphatic carbocycles. The number of nitrogens with two attached hydrogens (primary N) is 1. The molecule has 2 saturated heterocycles. The van der Waals surface area contributed by atoms with Crippen LogP contribution in [0.1, 0.15) is 48.5 Å². The first-order chi connectivity index (χ1) is 21.6. The van der Waals surface area contributed by atoms with Crippen LogP contribution in [0.4, 0.5) is 13.2 Å². The number of halogens is 4. The first-order valence-corrected chi connectivity index (χ1v) is 15.5. The quantitative estimate of drug-likeness (QED) is 0.294. The van der Waals surface area contributed by atoms with Crippen molar-refractivity contribution in [1.29, 1.82) is 0 Å². The molecule has 0 radical (unpaired) electrons. The van der Waals surface area contributed by atoms with E-state index >= 15 is 0 Å². The Labute approximate surface area is 266 Å². The summed E-state index contributed by atoms with van der Waals surface area (Å²) in [6.45, 7) is 3.83. The van der Waals surface area contributed by atoms with Crippen LogP contribution in [0.2, 0.25) is 5.02 Å². The lowest BCUT2D eigenvalue weighted by molar-refractivity contribution is -0.139. The first kappa shape index (κ1) is 34.2. The molecule has 242 valence electrons. The van der Waals surface area contributed by atoms with Crippen LogP contribution in [0.3, 0.4) is 0 Å². The van der Waals surface area contributed by atoms with Gasteiger partial charge in [0.25, 0.3) is 0 Å². The van der Waals surface area contributed by atoms with Crippen LogP contribution in [0.25, 0.3) is 0 Å². The Bertz CT molecular complexity index is 1360. The van der Waals surface area contributed by atoms with Gasteiger partial charge in [-0.25, -0.2) is 0 Å². The van der Waals surface area contributed by atoms with E-state index in [9.17, 15) is 22.8 Å². The zero-order valence-corrected chi connectivity index (χ0v) is 25.7. The highest BCUT2D eigenvalue weighted by atomic mass is 35.5. The fraction of sp³-hybridized carbons (Fsp3) is 0.424. The van der Waals surface area contributed by atoms with E-state index in [1.54, 1.807) is 18.3 Å². The number of benzene rings is 2. The number of carbonyl (C=O) groups is 2. The molecular formula is C33H39ClF3N5O3. The van der Waals surface area contributed by atoms with E-state index in [1.165, 1.54) is 18.2 Å². The van der Waals surface area contributed by atoms with Crippen LogP contribution in [0, 0.1) is 11.8 Å². The summed E-state index contributed by atoms with van der Waals surface area (Å²) in [5.74, 6) is -0.382. The molecule has 5 rings (SSSR count). The van der Waals surface area contributed by atoms with Crippen molar-refractivity contribution in [1.82, 2.24) is 20.5 Å². The molecule has 1 aromatic heterocycles.